The minimum absolute atomic E-state index is 0.0236. The molecule has 6 heteroatoms. The summed E-state index contributed by atoms with van der Waals surface area (Å²) in [6.07, 6.45) is -0.954. The molecule has 1 aromatic carbocycles. The van der Waals surface area contributed by atoms with Crippen LogP contribution in [0.4, 0.5) is 4.39 Å². The summed E-state index contributed by atoms with van der Waals surface area (Å²) in [4.78, 5) is 22.9. The van der Waals surface area contributed by atoms with Gasteiger partial charge in [0.1, 0.15) is 18.0 Å². The zero-order chi connectivity index (χ0) is 16.0. The molecule has 0 aromatic heterocycles. The third-order valence-electron chi connectivity index (χ3n) is 2.96. The van der Waals surface area contributed by atoms with E-state index in [1.807, 2.05) is 13.8 Å². The number of hydrogen-bond donors (Lipinski definition) is 3. The largest absolute Gasteiger partial charge is 0.480 e. The number of halogens is 1. The van der Waals surface area contributed by atoms with Gasteiger partial charge in [-0.05, 0) is 30.0 Å². The van der Waals surface area contributed by atoms with Gasteiger partial charge >= 0.3 is 5.97 Å². The van der Waals surface area contributed by atoms with Gasteiger partial charge in [0.25, 0.3) is 0 Å². The molecule has 21 heavy (non-hydrogen) atoms. The fourth-order valence-corrected chi connectivity index (χ4v) is 1.88. The van der Waals surface area contributed by atoms with E-state index in [2.05, 4.69) is 5.32 Å². The Morgan fingerprint density at radius 3 is 2.29 bits per heavy atom. The first kappa shape index (κ1) is 17.1. The van der Waals surface area contributed by atoms with Gasteiger partial charge in [-0.15, -0.1) is 0 Å². The smallest absolute Gasteiger partial charge is 0.326 e. The van der Waals surface area contributed by atoms with Crippen LogP contribution in [-0.2, 0) is 16.0 Å². The lowest BCUT2D eigenvalue weighted by Gasteiger charge is -2.18. The number of rotatable bonds is 7. The lowest BCUT2D eigenvalue weighted by Crippen LogP contribution is -2.46. The first-order valence-electron chi connectivity index (χ1n) is 6.75. The quantitative estimate of drug-likeness (QED) is 0.709. The first-order chi connectivity index (χ1) is 9.79. The normalized spacial score (nSPS) is 13.8. The van der Waals surface area contributed by atoms with Crippen molar-refractivity contribution < 1.29 is 24.2 Å². The minimum atomic E-state index is -1.24. The SMILES string of the molecule is CC(C)C[C@@H](O)C(=O)N[C@H](Cc1ccc(F)cc1)C(=O)O. The molecule has 0 spiro atoms. The van der Waals surface area contributed by atoms with Crippen molar-refractivity contribution in [2.45, 2.75) is 38.8 Å². The average Bonchev–Trinajstić information content (AvgIpc) is 2.39. The Morgan fingerprint density at radius 2 is 1.81 bits per heavy atom. The number of nitrogens with one attached hydrogen (secondary N) is 1. The zero-order valence-electron chi connectivity index (χ0n) is 12.0. The number of aliphatic carboxylic acids is 1. The van der Waals surface area contributed by atoms with Crippen molar-refractivity contribution in [2.75, 3.05) is 0 Å². The number of aliphatic hydroxyl groups is 1. The van der Waals surface area contributed by atoms with Crippen LogP contribution in [-0.4, -0.2) is 34.2 Å². The molecule has 0 aliphatic heterocycles. The Labute approximate surface area is 122 Å². The third-order valence-corrected chi connectivity index (χ3v) is 2.96. The van der Waals surface area contributed by atoms with Crippen molar-refractivity contribution >= 4 is 11.9 Å². The van der Waals surface area contributed by atoms with Crippen molar-refractivity contribution in [1.82, 2.24) is 5.32 Å². The average molecular weight is 297 g/mol. The number of aliphatic hydroxyl groups excluding tert-OH is 1. The van der Waals surface area contributed by atoms with Crippen LogP contribution in [0, 0.1) is 11.7 Å². The minimum Gasteiger partial charge on any atom is -0.480 e. The summed E-state index contributed by atoms with van der Waals surface area (Å²) in [5.74, 6) is -2.21. The van der Waals surface area contributed by atoms with Crippen LogP contribution in [0.15, 0.2) is 24.3 Å². The number of benzene rings is 1. The molecular formula is C15H20FNO4. The van der Waals surface area contributed by atoms with Gasteiger partial charge in [0.15, 0.2) is 0 Å². The molecule has 1 aromatic rings. The summed E-state index contributed by atoms with van der Waals surface area (Å²) in [7, 11) is 0. The van der Waals surface area contributed by atoms with Crippen LogP contribution in [0.5, 0.6) is 0 Å². The van der Waals surface area contributed by atoms with E-state index in [4.69, 9.17) is 5.11 Å². The second-order valence-corrected chi connectivity index (χ2v) is 5.38. The number of amides is 1. The molecule has 0 radical (unpaired) electrons. The fourth-order valence-electron chi connectivity index (χ4n) is 1.88. The van der Waals surface area contributed by atoms with E-state index < -0.39 is 29.8 Å². The number of hydrogen-bond acceptors (Lipinski definition) is 3. The van der Waals surface area contributed by atoms with Crippen LogP contribution in [0.1, 0.15) is 25.8 Å². The van der Waals surface area contributed by atoms with Crippen molar-refractivity contribution in [3.8, 4) is 0 Å². The van der Waals surface area contributed by atoms with Gasteiger partial charge in [0.2, 0.25) is 5.91 Å². The maximum atomic E-state index is 12.8. The van der Waals surface area contributed by atoms with Gasteiger partial charge in [0.05, 0.1) is 0 Å². The summed E-state index contributed by atoms with van der Waals surface area (Å²) in [5, 5.41) is 21.1. The van der Waals surface area contributed by atoms with Gasteiger partial charge < -0.3 is 15.5 Å². The Balaban J connectivity index is 2.67. The molecule has 0 aliphatic rings. The van der Waals surface area contributed by atoms with E-state index in [1.165, 1.54) is 24.3 Å². The molecule has 0 fully saturated rings. The number of carbonyl (C=O) groups excluding carboxylic acids is 1. The summed E-state index contributed by atoms with van der Waals surface area (Å²) < 4.78 is 12.8. The zero-order valence-corrected chi connectivity index (χ0v) is 12.0. The third kappa shape index (κ3) is 5.91. The molecule has 0 saturated carbocycles. The van der Waals surface area contributed by atoms with E-state index in [0.717, 1.165) is 0 Å². The Morgan fingerprint density at radius 1 is 1.24 bits per heavy atom. The van der Waals surface area contributed by atoms with Crippen molar-refractivity contribution in [1.29, 1.82) is 0 Å². The summed E-state index contributed by atoms with van der Waals surface area (Å²) >= 11 is 0. The maximum Gasteiger partial charge on any atom is 0.326 e. The van der Waals surface area contributed by atoms with Crippen molar-refractivity contribution in [3.63, 3.8) is 0 Å². The second-order valence-electron chi connectivity index (χ2n) is 5.38. The highest BCUT2D eigenvalue weighted by Gasteiger charge is 2.24. The summed E-state index contributed by atoms with van der Waals surface area (Å²) in [6.45, 7) is 3.70. The van der Waals surface area contributed by atoms with Crippen molar-refractivity contribution in [3.05, 3.63) is 35.6 Å². The molecule has 116 valence electrons. The molecule has 0 saturated heterocycles. The number of carboxylic acid groups (broad SMARTS) is 1. The highest BCUT2D eigenvalue weighted by molar-refractivity contribution is 5.86. The maximum absolute atomic E-state index is 12.8. The van der Waals surface area contributed by atoms with E-state index in [1.54, 1.807) is 0 Å². The molecule has 0 unspecified atom stereocenters. The molecule has 1 amide bonds. The van der Waals surface area contributed by atoms with Crippen LogP contribution in [0.3, 0.4) is 0 Å². The topological polar surface area (TPSA) is 86.6 Å². The molecule has 1 rings (SSSR count). The van der Waals surface area contributed by atoms with Crippen LogP contribution >= 0.6 is 0 Å². The first-order valence-corrected chi connectivity index (χ1v) is 6.75. The Hall–Kier alpha value is -1.95. The molecule has 0 heterocycles. The molecule has 2 atom stereocenters. The van der Waals surface area contributed by atoms with Gasteiger partial charge in [-0.1, -0.05) is 26.0 Å². The van der Waals surface area contributed by atoms with E-state index in [0.29, 0.717) is 5.56 Å². The molecule has 5 nitrogen and oxygen atoms in total. The van der Waals surface area contributed by atoms with Crippen LogP contribution in [0.2, 0.25) is 0 Å². The fraction of sp³-hybridized carbons (Fsp3) is 0.467. The van der Waals surface area contributed by atoms with E-state index >= 15 is 0 Å². The monoisotopic (exact) mass is 297 g/mol. The number of carboxylic acids is 1. The highest BCUT2D eigenvalue weighted by atomic mass is 19.1. The highest BCUT2D eigenvalue weighted by Crippen LogP contribution is 2.08. The lowest BCUT2D eigenvalue weighted by atomic mass is 10.0. The van der Waals surface area contributed by atoms with Gasteiger partial charge in [-0.25, -0.2) is 9.18 Å². The van der Waals surface area contributed by atoms with Gasteiger partial charge in [-0.3, -0.25) is 4.79 Å². The van der Waals surface area contributed by atoms with E-state index in [-0.39, 0.29) is 18.8 Å². The molecule has 0 bridgehead atoms. The van der Waals surface area contributed by atoms with Crippen LogP contribution in [0.25, 0.3) is 0 Å². The molecule has 0 aliphatic carbocycles. The number of carbonyl (C=O) groups is 2. The van der Waals surface area contributed by atoms with Crippen LogP contribution < -0.4 is 5.32 Å². The predicted octanol–water partition coefficient (Wildman–Crippen LogP) is 1.34. The van der Waals surface area contributed by atoms with E-state index in [9.17, 15) is 19.1 Å². The Bertz CT molecular complexity index is 487. The summed E-state index contributed by atoms with van der Waals surface area (Å²) in [6, 6.07) is 4.21. The lowest BCUT2D eigenvalue weighted by molar-refractivity contribution is -0.143. The second kappa shape index (κ2) is 7.73. The predicted molar refractivity (Wildman–Crippen MR) is 75.1 cm³/mol. The molecule has 3 N–H and O–H groups in total. The summed E-state index contributed by atoms with van der Waals surface area (Å²) in [5.41, 5.74) is 0.586. The molecular weight excluding hydrogens is 277 g/mol. The van der Waals surface area contributed by atoms with Crippen molar-refractivity contribution in [2.24, 2.45) is 5.92 Å². The van der Waals surface area contributed by atoms with Gasteiger partial charge in [0, 0.05) is 6.42 Å². The standard InChI is InChI=1S/C15H20FNO4/c1-9(2)7-13(18)14(19)17-12(15(20)21)8-10-3-5-11(16)6-4-10/h3-6,9,12-13,18H,7-8H2,1-2H3,(H,17,19)(H,20,21)/t12-,13-/m1/s1. The van der Waals surface area contributed by atoms with Gasteiger partial charge in [-0.2, -0.15) is 0 Å². The Kier molecular flexibility index (Phi) is 6.30.